The number of benzene rings is 1. The molecule has 1 aliphatic rings. The van der Waals surface area contributed by atoms with Crippen molar-refractivity contribution in [1.29, 1.82) is 0 Å². The fraction of sp³-hybridized carbons (Fsp3) is 0.500. The normalized spacial score (nSPS) is 21.6. The van der Waals surface area contributed by atoms with Crippen molar-refractivity contribution in [1.82, 2.24) is 0 Å². The number of hydrogen-bond acceptors (Lipinski definition) is 2. The lowest BCUT2D eigenvalue weighted by Gasteiger charge is -2.11. The summed E-state index contributed by atoms with van der Waals surface area (Å²) in [6.45, 7) is 2.13. The topological polar surface area (TPSA) is 66.4 Å². The highest BCUT2D eigenvalue weighted by atomic mass is 16.4. The number of carboxylic acid groups (broad SMARTS) is 1. The van der Waals surface area contributed by atoms with Crippen molar-refractivity contribution in [2.45, 2.75) is 39.0 Å². The van der Waals surface area contributed by atoms with Crippen molar-refractivity contribution in [3.63, 3.8) is 0 Å². The van der Waals surface area contributed by atoms with Crippen LogP contribution >= 0.6 is 0 Å². The predicted octanol–water partition coefficient (Wildman–Crippen LogP) is 3.08. The van der Waals surface area contributed by atoms with Crippen LogP contribution in [0.3, 0.4) is 0 Å². The van der Waals surface area contributed by atoms with E-state index < -0.39 is 5.97 Å². The molecule has 1 aromatic carbocycles. The van der Waals surface area contributed by atoms with Crippen LogP contribution in [0.25, 0.3) is 0 Å². The van der Waals surface area contributed by atoms with Crippen molar-refractivity contribution in [2.75, 3.05) is 5.32 Å². The van der Waals surface area contributed by atoms with E-state index in [1.54, 1.807) is 0 Å². The highest BCUT2D eigenvalue weighted by molar-refractivity contribution is 5.93. The number of anilines is 1. The number of carboxylic acids is 1. The van der Waals surface area contributed by atoms with E-state index in [1.807, 2.05) is 24.3 Å². The van der Waals surface area contributed by atoms with E-state index in [0.717, 1.165) is 18.5 Å². The van der Waals surface area contributed by atoms with Gasteiger partial charge in [-0.3, -0.25) is 9.59 Å². The molecular weight excluding hydrogens is 254 g/mol. The van der Waals surface area contributed by atoms with E-state index in [4.69, 9.17) is 5.11 Å². The van der Waals surface area contributed by atoms with Crippen molar-refractivity contribution in [3.05, 3.63) is 29.8 Å². The number of aryl methyl sites for hydroxylation is 1. The molecule has 0 heterocycles. The minimum absolute atomic E-state index is 0.0583. The molecular formula is C16H21NO3. The Balaban J connectivity index is 1.90. The van der Waals surface area contributed by atoms with Crippen LogP contribution in [0.15, 0.2) is 24.3 Å². The first kappa shape index (κ1) is 14.6. The second-order valence-corrected chi connectivity index (χ2v) is 5.48. The third kappa shape index (κ3) is 3.59. The van der Waals surface area contributed by atoms with Crippen LogP contribution in [0.5, 0.6) is 0 Å². The summed E-state index contributed by atoms with van der Waals surface area (Å²) in [5.41, 5.74) is 2.05. The van der Waals surface area contributed by atoms with Gasteiger partial charge >= 0.3 is 5.97 Å². The second kappa shape index (κ2) is 6.55. The fourth-order valence-corrected chi connectivity index (χ4v) is 2.73. The molecule has 4 nitrogen and oxygen atoms in total. The van der Waals surface area contributed by atoms with Gasteiger partial charge in [-0.05, 0) is 43.4 Å². The fourth-order valence-electron chi connectivity index (χ4n) is 2.73. The molecule has 1 aliphatic carbocycles. The van der Waals surface area contributed by atoms with Crippen molar-refractivity contribution in [2.24, 2.45) is 11.8 Å². The Bertz CT molecular complexity index is 481. The molecule has 1 fully saturated rings. The van der Waals surface area contributed by atoms with Gasteiger partial charge in [0.2, 0.25) is 5.91 Å². The summed E-state index contributed by atoms with van der Waals surface area (Å²) in [6.07, 6.45) is 3.86. The van der Waals surface area contributed by atoms with Crippen molar-refractivity contribution >= 4 is 17.6 Å². The molecule has 1 aromatic rings. The Morgan fingerprint density at radius 2 is 1.85 bits per heavy atom. The lowest BCUT2D eigenvalue weighted by Crippen LogP contribution is -2.21. The second-order valence-electron chi connectivity index (χ2n) is 5.48. The summed E-state index contributed by atoms with van der Waals surface area (Å²) >= 11 is 0. The Morgan fingerprint density at radius 3 is 2.40 bits per heavy atom. The largest absolute Gasteiger partial charge is 0.481 e. The number of amides is 1. The number of rotatable bonds is 5. The molecule has 1 saturated carbocycles. The van der Waals surface area contributed by atoms with Crippen molar-refractivity contribution < 1.29 is 14.7 Å². The van der Waals surface area contributed by atoms with Gasteiger partial charge in [-0.25, -0.2) is 0 Å². The highest BCUT2D eigenvalue weighted by Crippen LogP contribution is 2.31. The van der Waals surface area contributed by atoms with Gasteiger partial charge in [-0.1, -0.05) is 25.5 Å². The van der Waals surface area contributed by atoms with Gasteiger partial charge in [-0.2, -0.15) is 0 Å². The van der Waals surface area contributed by atoms with E-state index in [9.17, 15) is 9.59 Å². The summed E-state index contributed by atoms with van der Waals surface area (Å²) in [6, 6.07) is 7.86. The lowest BCUT2D eigenvalue weighted by molar-refractivity contribution is -0.141. The van der Waals surface area contributed by atoms with Crippen molar-refractivity contribution in [3.8, 4) is 0 Å². The number of hydrogen-bond donors (Lipinski definition) is 2. The zero-order chi connectivity index (χ0) is 14.5. The van der Waals surface area contributed by atoms with Gasteiger partial charge in [0.1, 0.15) is 0 Å². The standard InChI is InChI=1S/C16H21NO3/c1-2-3-11-4-8-14(9-5-11)17-15(18)12-6-7-13(10-12)16(19)20/h4-5,8-9,12-13H,2-3,6-7,10H2,1H3,(H,17,18)(H,19,20). The maximum atomic E-state index is 12.1. The smallest absolute Gasteiger partial charge is 0.306 e. The Hall–Kier alpha value is -1.84. The molecule has 0 aliphatic heterocycles. The Labute approximate surface area is 119 Å². The Kier molecular flexibility index (Phi) is 4.77. The minimum atomic E-state index is -0.788. The third-order valence-electron chi connectivity index (χ3n) is 3.91. The van der Waals surface area contributed by atoms with E-state index in [1.165, 1.54) is 5.56 Å². The summed E-state index contributed by atoms with van der Waals surface area (Å²) in [4.78, 5) is 23.0. The molecule has 1 amide bonds. The maximum absolute atomic E-state index is 12.1. The average molecular weight is 275 g/mol. The molecule has 2 rings (SSSR count). The predicted molar refractivity (Wildman–Crippen MR) is 77.5 cm³/mol. The molecule has 0 radical (unpaired) electrons. The van der Waals surface area contributed by atoms with Crippen LogP contribution in [-0.4, -0.2) is 17.0 Å². The van der Waals surface area contributed by atoms with Gasteiger partial charge in [0.15, 0.2) is 0 Å². The SMILES string of the molecule is CCCc1ccc(NC(=O)C2CCC(C(=O)O)C2)cc1. The van der Waals surface area contributed by atoms with E-state index in [0.29, 0.717) is 19.3 Å². The monoisotopic (exact) mass is 275 g/mol. The Morgan fingerprint density at radius 1 is 1.20 bits per heavy atom. The van der Waals surface area contributed by atoms with Crippen LogP contribution < -0.4 is 5.32 Å². The highest BCUT2D eigenvalue weighted by Gasteiger charge is 2.33. The number of nitrogens with one attached hydrogen (secondary N) is 1. The first-order valence-corrected chi connectivity index (χ1v) is 7.22. The average Bonchev–Trinajstić information content (AvgIpc) is 2.91. The van der Waals surface area contributed by atoms with Gasteiger partial charge in [0, 0.05) is 11.6 Å². The molecule has 4 heteroatoms. The van der Waals surface area contributed by atoms with Gasteiger partial charge in [0.25, 0.3) is 0 Å². The van der Waals surface area contributed by atoms with Crippen LogP contribution in [-0.2, 0) is 16.0 Å². The van der Waals surface area contributed by atoms with E-state index in [-0.39, 0.29) is 17.7 Å². The van der Waals surface area contributed by atoms with E-state index >= 15 is 0 Å². The maximum Gasteiger partial charge on any atom is 0.306 e. The molecule has 0 aromatic heterocycles. The minimum Gasteiger partial charge on any atom is -0.481 e. The van der Waals surface area contributed by atoms with Crippen LogP contribution in [0.1, 0.15) is 38.2 Å². The van der Waals surface area contributed by atoms with Gasteiger partial charge in [-0.15, -0.1) is 0 Å². The summed E-state index contributed by atoms with van der Waals surface area (Å²) in [7, 11) is 0. The summed E-state index contributed by atoms with van der Waals surface area (Å²) in [5.74, 6) is -1.38. The number of carbonyl (C=O) groups excluding carboxylic acids is 1. The first-order chi connectivity index (χ1) is 9.60. The molecule has 2 unspecified atom stereocenters. The molecule has 20 heavy (non-hydrogen) atoms. The van der Waals surface area contributed by atoms with E-state index in [2.05, 4.69) is 12.2 Å². The van der Waals surface area contributed by atoms with Gasteiger partial charge < -0.3 is 10.4 Å². The van der Waals surface area contributed by atoms with Crippen LogP contribution in [0.2, 0.25) is 0 Å². The summed E-state index contributed by atoms with van der Waals surface area (Å²) in [5, 5.41) is 11.8. The van der Waals surface area contributed by atoms with Crippen LogP contribution in [0.4, 0.5) is 5.69 Å². The number of aliphatic carboxylic acids is 1. The van der Waals surface area contributed by atoms with Gasteiger partial charge in [0.05, 0.1) is 5.92 Å². The quantitative estimate of drug-likeness (QED) is 0.867. The third-order valence-corrected chi connectivity index (χ3v) is 3.91. The lowest BCUT2D eigenvalue weighted by atomic mass is 10.0. The zero-order valence-corrected chi connectivity index (χ0v) is 11.8. The van der Waals surface area contributed by atoms with Crippen LogP contribution in [0, 0.1) is 11.8 Å². The first-order valence-electron chi connectivity index (χ1n) is 7.22. The molecule has 0 saturated heterocycles. The molecule has 2 atom stereocenters. The number of carbonyl (C=O) groups is 2. The zero-order valence-electron chi connectivity index (χ0n) is 11.8. The molecule has 0 spiro atoms. The summed E-state index contributed by atoms with van der Waals surface area (Å²) < 4.78 is 0. The molecule has 108 valence electrons. The molecule has 2 N–H and O–H groups in total. The molecule has 0 bridgehead atoms.